The van der Waals surface area contributed by atoms with Crippen molar-refractivity contribution in [2.75, 3.05) is 13.1 Å². The smallest absolute Gasteiger partial charge is 0.248 e. The van der Waals surface area contributed by atoms with Crippen LogP contribution in [-0.2, 0) is 4.79 Å². The van der Waals surface area contributed by atoms with Crippen LogP contribution in [0.25, 0.3) is 0 Å². The van der Waals surface area contributed by atoms with Crippen molar-refractivity contribution in [2.45, 2.75) is 56.9 Å². The lowest BCUT2D eigenvalue weighted by molar-refractivity contribution is -0.129. The summed E-state index contributed by atoms with van der Waals surface area (Å²) in [7, 11) is 0. The normalized spacial score (nSPS) is 23.9. The third-order valence-electron chi connectivity index (χ3n) is 3.75. The maximum Gasteiger partial charge on any atom is 0.248 e. The van der Waals surface area contributed by atoms with Crippen molar-refractivity contribution in [2.24, 2.45) is 5.92 Å². The van der Waals surface area contributed by atoms with Crippen LogP contribution >= 0.6 is 0 Å². The van der Waals surface area contributed by atoms with E-state index >= 15 is 0 Å². The summed E-state index contributed by atoms with van der Waals surface area (Å²) in [5, 5.41) is 6.22. The molecule has 3 nitrogen and oxygen atoms in total. The number of nitrogens with one attached hydrogen (secondary N) is 2. The van der Waals surface area contributed by atoms with Crippen LogP contribution < -0.4 is 10.6 Å². The van der Waals surface area contributed by atoms with Crippen molar-refractivity contribution in [1.29, 1.82) is 0 Å². The summed E-state index contributed by atoms with van der Waals surface area (Å²) < 4.78 is 25.9. The summed E-state index contributed by atoms with van der Waals surface area (Å²) in [5.74, 6) is -2.80. The summed E-state index contributed by atoms with van der Waals surface area (Å²) in [4.78, 5) is 11.7. The summed E-state index contributed by atoms with van der Waals surface area (Å²) in [6.07, 6.45) is 3.79. The molecule has 2 fully saturated rings. The Hall–Kier alpha value is -0.710. The Bertz CT molecular complexity index is 283. The van der Waals surface area contributed by atoms with E-state index in [1.54, 1.807) is 0 Å². The van der Waals surface area contributed by atoms with E-state index in [-0.39, 0.29) is 24.7 Å². The highest BCUT2D eigenvalue weighted by Gasteiger charge is 2.37. The molecule has 0 atom stereocenters. The molecule has 2 aliphatic carbocycles. The van der Waals surface area contributed by atoms with Gasteiger partial charge in [-0.15, -0.1) is 0 Å². The van der Waals surface area contributed by atoms with Crippen LogP contribution in [0, 0.1) is 5.92 Å². The number of hydrogen-bond donors (Lipinski definition) is 2. The molecular weight excluding hydrogens is 238 g/mol. The average molecular weight is 260 g/mol. The lowest BCUT2D eigenvalue weighted by Crippen LogP contribution is -2.37. The number of alkyl halides is 2. The molecule has 2 saturated carbocycles. The van der Waals surface area contributed by atoms with Gasteiger partial charge in [-0.3, -0.25) is 4.79 Å². The van der Waals surface area contributed by atoms with Crippen LogP contribution in [0.2, 0.25) is 0 Å². The molecule has 0 heterocycles. The highest BCUT2D eigenvalue weighted by Crippen LogP contribution is 2.36. The Morgan fingerprint density at radius 1 is 1.11 bits per heavy atom. The standard InChI is InChI=1S/C13H22F2N2O/c14-13(15)6-4-10(5-7-13)12(18)17-9-1-8-16-11-2-3-11/h10-11,16H,1-9H2,(H,17,18). The average Bonchev–Trinajstić information content (AvgIpc) is 3.12. The molecule has 2 rings (SSSR count). The molecule has 0 spiro atoms. The van der Waals surface area contributed by atoms with Crippen molar-refractivity contribution < 1.29 is 13.6 Å². The quantitative estimate of drug-likeness (QED) is 0.718. The monoisotopic (exact) mass is 260 g/mol. The van der Waals surface area contributed by atoms with Crippen LogP contribution in [-0.4, -0.2) is 31.0 Å². The van der Waals surface area contributed by atoms with Crippen molar-refractivity contribution >= 4 is 5.91 Å². The lowest BCUT2D eigenvalue weighted by atomic mass is 9.86. The Labute approximate surface area is 107 Å². The highest BCUT2D eigenvalue weighted by molar-refractivity contribution is 5.78. The molecule has 0 aromatic heterocycles. The minimum absolute atomic E-state index is 0.0445. The molecule has 0 aromatic rings. The van der Waals surface area contributed by atoms with Crippen LogP contribution in [0.3, 0.4) is 0 Å². The molecule has 2 N–H and O–H groups in total. The second-order valence-electron chi connectivity index (χ2n) is 5.50. The van der Waals surface area contributed by atoms with Gasteiger partial charge >= 0.3 is 0 Å². The predicted molar refractivity (Wildman–Crippen MR) is 65.6 cm³/mol. The van der Waals surface area contributed by atoms with Gasteiger partial charge in [0.1, 0.15) is 0 Å². The second-order valence-corrected chi connectivity index (χ2v) is 5.50. The molecule has 0 unspecified atom stereocenters. The van der Waals surface area contributed by atoms with Gasteiger partial charge in [0.2, 0.25) is 11.8 Å². The van der Waals surface area contributed by atoms with Crippen molar-refractivity contribution in [3.05, 3.63) is 0 Å². The molecule has 0 bridgehead atoms. The Kier molecular flexibility index (Phi) is 4.54. The number of carbonyl (C=O) groups is 1. The molecule has 5 heteroatoms. The van der Waals surface area contributed by atoms with Crippen molar-refractivity contribution in [3.8, 4) is 0 Å². The van der Waals surface area contributed by atoms with Crippen molar-refractivity contribution in [1.82, 2.24) is 10.6 Å². The second kappa shape index (κ2) is 5.95. The fourth-order valence-corrected chi connectivity index (χ4v) is 2.34. The molecule has 104 valence electrons. The van der Waals surface area contributed by atoms with Crippen LogP contribution in [0.5, 0.6) is 0 Å². The summed E-state index contributed by atoms with van der Waals surface area (Å²) in [6, 6.07) is 0.696. The molecule has 0 aliphatic heterocycles. The van der Waals surface area contributed by atoms with Crippen LogP contribution in [0.15, 0.2) is 0 Å². The van der Waals surface area contributed by atoms with Gasteiger partial charge in [-0.1, -0.05) is 0 Å². The topological polar surface area (TPSA) is 41.1 Å². The van der Waals surface area contributed by atoms with Crippen molar-refractivity contribution in [3.63, 3.8) is 0 Å². The fraction of sp³-hybridized carbons (Fsp3) is 0.923. The number of rotatable bonds is 6. The van der Waals surface area contributed by atoms with E-state index in [2.05, 4.69) is 10.6 Å². The molecule has 1 amide bonds. The number of amides is 1. The summed E-state index contributed by atoms with van der Waals surface area (Å²) in [5.41, 5.74) is 0. The fourth-order valence-electron chi connectivity index (χ4n) is 2.34. The van der Waals surface area contributed by atoms with Gasteiger partial charge in [-0.2, -0.15) is 0 Å². The number of carbonyl (C=O) groups excluding carboxylic acids is 1. The third-order valence-corrected chi connectivity index (χ3v) is 3.75. The van der Waals surface area contributed by atoms with Gasteiger partial charge in [-0.05, 0) is 38.6 Å². The number of halogens is 2. The first-order chi connectivity index (χ1) is 8.57. The zero-order valence-electron chi connectivity index (χ0n) is 10.7. The molecule has 0 saturated heterocycles. The Morgan fingerprint density at radius 2 is 1.78 bits per heavy atom. The third kappa shape index (κ3) is 4.52. The van der Waals surface area contributed by atoms with E-state index in [0.29, 0.717) is 25.4 Å². The van der Waals surface area contributed by atoms with Gasteiger partial charge in [0, 0.05) is 31.3 Å². The molecule has 0 aromatic carbocycles. The first kappa shape index (κ1) is 13.7. The minimum Gasteiger partial charge on any atom is -0.356 e. The maximum atomic E-state index is 12.9. The zero-order chi connectivity index (χ0) is 13.0. The van der Waals surface area contributed by atoms with Crippen LogP contribution in [0.4, 0.5) is 8.78 Å². The van der Waals surface area contributed by atoms with Gasteiger partial charge in [0.15, 0.2) is 0 Å². The van der Waals surface area contributed by atoms with Crippen LogP contribution in [0.1, 0.15) is 44.9 Å². The van der Waals surface area contributed by atoms with E-state index in [1.165, 1.54) is 12.8 Å². The maximum absolute atomic E-state index is 12.9. The van der Waals surface area contributed by atoms with Gasteiger partial charge in [0.25, 0.3) is 0 Å². The number of hydrogen-bond acceptors (Lipinski definition) is 2. The van der Waals surface area contributed by atoms with E-state index in [9.17, 15) is 13.6 Å². The molecule has 18 heavy (non-hydrogen) atoms. The van der Waals surface area contributed by atoms with Gasteiger partial charge < -0.3 is 10.6 Å². The van der Waals surface area contributed by atoms with E-state index < -0.39 is 5.92 Å². The Balaban J connectivity index is 1.54. The van der Waals surface area contributed by atoms with Gasteiger partial charge in [0.05, 0.1) is 0 Å². The van der Waals surface area contributed by atoms with E-state index in [0.717, 1.165) is 13.0 Å². The summed E-state index contributed by atoms with van der Waals surface area (Å²) >= 11 is 0. The highest BCUT2D eigenvalue weighted by atomic mass is 19.3. The lowest BCUT2D eigenvalue weighted by Gasteiger charge is -2.27. The Morgan fingerprint density at radius 3 is 2.39 bits per heavy atom. The van der Waals surface area contributed by atoms with Gasteiger partial charge in [-0.25, -0.2) is 8.78 Å². The minimum atomic E-state index is -2.55. The predicted octanol–water partition coefficient (Wildman–Crippen LogP) is 2.07. The zero-order valence-corrected chi connectivity index (χ0v) is 10.7. The molecular formula is C13H22F2N2O. The SMILES string of the molecule is O=C(NCCCNC1CC1)C1CCC(F)(F)CC1. The first-order valence-electron chi connectivity index (χ1n) is 6.96. The largest absolute Gasteiger partial charge is 0.356 e. The molecule has 0 radical (unpaired) electrons. The summed E-state index contributed by atoms with van der Waals surface area (Å²) in [6.45, 7) is 1.57. The van der Waals surface area contributed by atoms with E-state index in [1.807, 2.05) is 0 Å². The first-order valence-corrected chi connectivity index (χ1v) is 6.96. The van der Waals surface area contributed by atoms with E-state index in [4.69, 9.17) is 0 Å². The molecule has 2 aliphatic rings.